The summed E-state index contributed by atoms with van der Waals surface area (Å²) in [7, 11) is 1.57. The highest BCUT2D eigenvalue weighted by Gasteiger charge is 2.10. The summed E-state index contributed by atoms with van der Waals surface area (Å²) in [5, 5.41) is 6.42. The summed E-state index contributed by atoms with van der Waals surface area (Å²) in [6, 6.07) is 20.4. The van der Waals surface area contributed by atoms with Crippen molar-refractivity contribution >= 4 is 51.7 Å². The lowest BCUT2D eigenvalue weighted by Crippen LogP contribution is -2.07. The topological polar surface area (TPSA) is 60.5 Å². The van der Waals surface area contributed by atoms with Gasteiger partial charge in [-0.3, -0.25) is 10.1 Å². The first-order valence-corrected chi connectivity index (χ1v) is 11.9. The summed E-state index contributed by atoms with van der Waals surface area (Å²) in [5.74, 6) is 0.886. The molecule has 0 saturated heterocycles. The third kappa shape index (κ3) is 6.17. The minimum atomic E-state index is -0.290. The van der Waals surface area contributed by atoms with Crippen LogP contribution in [0.5, 0.6) is 11.5 Å². The predicted molar refractivity (Wildman–Crippen MR) is 139 cm³/mol. The van der Waals surface area contributed by atoms with E-state index >= 15 is 0 Å². The smallest absolute Gasteiger partial charge is 0.250 e. The van der Waals surface area contributed by atoms with E-state index < -0.39 is 0 Å². The first-order chi connectivity index (χ1) is 16.5. The van der Waals surface area contributed by atoms with Gasteiger partial charge in [0.15, 0.2) is 16.6 Å². The molecular weight excluding hydrogens is 491 g/mol. The third-order valence-electron chi connectivity index (χ3n) is 4.81. The van der Waals surface area contributed by atoms with E-state index in [-0.39, 0.29) is 5.91 Å². The van der Waals surface area contributed by atoms with E-state index in [1.165, 1.54) is 17.4 Å². The Morgan fingerprint density at radius 1 is 1.06 bits per heavy atom. The number of rotatable bonds is 8. The van der Waals surface area contributed by atoms with Crippen LogP contribution in [0.15, 0.2) is 78.2 Å². The van der Waals surface area contributed by atoms with Crippen LogP contribution in [-0.2, 0) is 11.4 Å². The van der Waals surface area contributed by atoms with Crippen molar-refractivity contribution in [1.29, 1.82) is 0 Å². The molecular formula is C26H20Cl2N2O3S. The molecule has 172 valence electrons. The van der Waals surface area contributed by atoms with Gasteiger partial charge in [0.2, 0.25) is 5.91 Å². The van der Waals surface area contributed by atoms with Gasteiger partial charge in [-0.2, -0.15) is 0 Å². The van der Waals surface area contributed by atoms with E-state index in [9.17, 15) is 4.79 Å². The van der Waals surface area contributed by atoms with Crippen LogP contribution >= 0.6 is 34.5 Å². The van der Waals surface area contributed by atoms with Crippen molar-refractivity contribution in [1.82, 2.24) is 4.98 Å². The number of hydrogen-bond acceptors (Lipinski definition) is 5. The molecule has 0 saturated carbocycles. The number of carbonyl (C=O) groups is 1. The summed E-state index contributed by atoms with van der Waals surface area (Å²) in [4.78, 5) is 16.8. The number of amides is 1. The molecule has 0 atom stereocenters. The van der Waals surface area contributed by atoms with Crippen LogP contribution in [-0.4, -0.2) is 18.0 Å². The lowest BCUT2D eigenvalue weighted by molar-refractivity contribution is -0.111. The Morgan fingerprint density at radius 3 is 2.62 bits per heavy atom. The minimum absolute atomic E-state index is 0.290. The first kappa shape index (κ1) is 23.8. The molecule has 3 aromatic carbocycles. The Labute approximate surface area is 211 Å². The van der Waals surface area contributed by atoms with Crippen LogP contribution < -0.4 is 14.8 Å². The van der Waals surface area contributed by atoms with Gasteiger partial charge in [-0.15, -0.1) is 11.3 Å². The number of carbonyl (C=O) groups excluding carboxylic acids is 1. The van der Waals surface area contributed by atoms with Gasteiger partial charge in [0.05, 0.1) is 12.8 Å². The van der Waals surface area contributed by atoms with Gasteiger partial charge >= 0.3 is 0 Å². The number of methoxy groups -OCH3 is 1. The number of aromatic nitrogens is 1. The van der Waals surface area contributed by atoms with Crippen molar-refractivity contribution in [3.8, 4) is 22.8 Å². The Hall–Kier alpha value is -3.32. The van der Waals surface area contributed by atoms with Crippen LogP contribution in [0.3, 0.4) is 0 Å². The molecule has 1 aromatic heterocycles. The number of thiazole rings is 1. The van der Waals surface area contributed by atoms with Gasteiger partial charge in [-0.25, -0.2) is 4.98 Å². The summed E-state index contributed by atoms with van der Waals surface area (Å²) in [6.45, 7) is 0.384. The number of anilines is 1. The third-order valence-corrected chi connectivity index (χ3v) is 6.15. The van der Waals surface area contributed by atoms with E-state index in [1.54, 1.807) is 25.3 Å². The standard InChI is InChI=1S/C26H20Cl2N2O3S/c1-32-24-14-17(8-12-23(24)33-15-18-6-10-19(27)11-7-18)9-13-25(31)30-26-29-22(16-34-26)20-4-2-3-5-21(20)28/h2-14,16H,15H2,1H3,(H,29,30,31)/b13-9+. The highest BCUT2D eigenvalue weighted by molar-refractivity contribution is 7.14. The zero-order valence-electron chi connectivity index (χ0n) is 18.1. The van der Waals surface area contributed by atoms with Crippen LogP contribution in [0.25, 0.3) is 17.3 Å². The molecule has 4 aromatic rings. The van der Waals surface area contributed by atoms with Crippen LogP contribution in [0.2, 0.25) is 10.0 Å². The molecule has 0 aliphatic heterocycles. The summed E-state index contributed by atoms with van der Waals surface area (Å²) in [5.41, 5.74) is 3.32. The second kappa shape index (κ2) is 11.2. The van der Waals surface area contributed by atoms with E-state index in [0.717, 1.165) is 16.7 Å². The Morgan fingerprint density at radius 2 is 1.85 bits per heavy atom. The Bertz CT molecular complexity index is 1320. The van der Waals surface area contributed by atoms with Crippen LogP contribution in [0, 0.1) is 0 Å². The molecule has 4 rings (SSSR count). The van der Waals surface area contributed by atoms with E-state index in [4.69, 9.17) is 32.7 Å². The fourth-order valence-corrected chi connectivity index (χ4v) is 4.16. The van der Waals surface area contributed by atoms with E-state index in [1.807, 2.05) is 60.0 Å². The maximum atomic E-state index is 12.4. The van der Waals surface area contributed by atoms with Gasteiger partial charge in [0, 0.05) is 27.1 Å². The fourth-order valence-electron chi connectivity index (χ4n) is 3.09. The number of benzene rings is 3. The average molecular weight is 511 g/mol. The molecule has 1 N–H and O–H groups in total. The molecule has 1 heterocycles. The highest BCUT2D eigenvalue weighted by atomic mass is 35.5. The van der Waals surface area contributed by atoms with Gasteiger partial charge in [0.25, 0.3) is 0 Å². The molecule has 5 nitrogen and oxygen atoms in total. The van der Waals surface area contributed by atoms with Crippen molar-refractivity contribution in [2.24, 2.45) is 0 Å². The second-order valence-electron chi connectivity index (χ2n) is 7.17. The lowest BCUT2D eigenvalue weighted by Gasteiger charge is -2.11. The molecule has 0 aliphatic carbocycles. The van der Waals surface area contributed by atoms with Crippen molar-refractivity contribution in [2.45, 2.75) is 6.61 Å². The van der Waals surface area contributed by atoms with Gasteiger partial charge in [-0.05, 0) is 47.5 Å². The van der Waals surface area contributed by atoms with Gasteiger partial charge < -0.3 is 9.47 Å². The summed E-state index contributed by atoms with van der Waals surface area (Å²) >= 11 is 13.5. The minimum Gasteiger partial charge on any atom is -0.493 e. The normalized spacial score (nSPS) is 10.9. The number of nitrogens with zero attached hydrogens (tertiary/aromatic N) is 1. The molecule has 0 spiro atoms. The predicted octanol–water partition coefficient (Wildman–Crippen LogP) is 7.36. The molecule has 0 aliphatic rings. The monoisotopic (exact) mass is 510 g/mol. The molecule has 1 amide bonds. The van der Waals surface area contributed by atoms with Gasteiger partial charge in [-0.1, -0.05) is 59.6 Å². The molecule has 0 radical (unpaired) electrons. The second-order valence-corrected chi connectivity index (χ2v) is 8.87. The number of hydrogen-bond donors (Lipinski definition) is 1. The lowest BCUT2D eigenvalue weighted by atomic mass is 10.2. The molecule has 34 heavy (non-hydrogen) atoms. The van der Waals surface area contributed by atoms with Crippen LogP contribution in [0.4, 0.5) is 5.13 Å². The summed E-state index contributed by atoms with van der Waals surface area (Å²) < 4.78 is 11.3. The quantitative estimate of drug-likeness (QED) is 0.251. The van der Waals surface area contributed by atoms with E-state index in [0.29, 0.717) is 39.0 Å². The maximum Gasteiger partial charge on any atom is 0.250 e. The number of nitrogens with one attached hydrogen (secondary N) is 1. The fraction of sp³-hybridized carbons (Fsp3) is 0.0769. The highest BCUT2D eigenvalue weighted by Crippen LogP contribution is 2.31. The van der Waals surface area contributed by atoms with Crippen molar-refractivity contribution in [2.75, 3.05) is 12.4 Å². The van der Waals surface area contributed by atoms with Crippen molar-refractivity contribution < 1.29 is 14.3 Å². The van der Waals surface area contributed by atoms with Crippen LogP contribution in [0.1, 0.15) is 11.1 Å². The van der Waals surface area contributed by atoms with E-state index in [2.05, 4.69) is 10.3 Å². The van der Waals surface area contributed by atoms with Crippen molar-refractivity contribution in [3.63, 3.8) is 0 Å². The first-order valence-electron chi connectivity index (χ1n) is 10.3. The number of halogens is 2. The summed E-state index contributed by atoms with van der Waals surface area (Å²) in [6.07, 6.45) is 3.14. The largest absolute Gasteiger partial charge is 0.493 e. The Kier molecular flexibility index (Phi) is 7.85. The van der Waals surface area contributed by atoms with Crippen molar-refractivity contribution in [3.05, 3.63) is 99.4 Å². The zero-order valence-corrected chi connectivity index (χ0v) is 20.5. The van der Waals surface area contributed by atoms with Gasteiger partial charge in [0.1, 0.15) is 6.61 Å². The zero-order chi connectivity index (χ0) is 23.9. The molecule has 0 fully saturated rings. The molecule has 0 unspecified atom stereocenters. The molecule has 8 heteroatoms. The maximum absolute atomic E-state index is 12.4. The average Bonchev–Trinajstić information content (AvgIpc) is 3.31. The number of ether oxygens (including phenoxy) is 2. The Balaban J connectivity index is 1.38. The molecule has 0 bridgehead atoms. The SMILES string of the molecule is COc1cc(/C=C/C(=O)Nc2nc(-c3ccccc3Cl)cs2)ccc1OCc1ccc(Cl)cc1.